The number of hydrogen-bond acceptors (Lipinski definition) is 4. The first-order chi connectivity index (χ1) is 13.1. The van der Waals surface area contributed by atoms with Gasteiger partial charge in [0.2, 0.25) is 0 Å². The number of hydrogen-bond donors (Lipinski definition) is 2. The van der Waals surface area contributed by atoms with Gasteiger partial charge in [-0.25, -0.2) is 4.39 Å². The molecule has 2 aliphatic heterocycles. The third-order valence-corrected chi connectivity index (χ3v) is 5.44. The van der Waals surface area contributed by atoms with Crippen LogP contribution >= 0.6 is 0 Å². The average molecular weight is 369 g/mol. The Morgan fingerprint density at radius 1 is 1.11 bits per heavy atom. The molecule has 3 N–H and O–H groups in total. The lowest BCUT2D eigenvalue weighted by molar-refractivity contribution is 0.0776. The van der Waals surface area contributed by atoms with Gasteiger partial charge in [0.15, 0.2) is 0 Å². The molecule has 2 fully saturated rings. The van der Waals surface area contributed by atoms with Gasteiger partial charge in [-0.1, -0.05) is 12.1 Å². The van der Waals surface area contributed by atoms with Gasteiger partial charge in [0.05, 0.1) is 5.56 Å². The monoisotopic (exact) mass is 369 g/mol. The van der Waals surface area contributed by atoms with E-state index in [4.69, 9.17) is 10.5 Å². The Labute approximate surface area is 158 Å². The van der Waals surface area contributed by atoms with Crippen molar-refractivity contribution in [2.24, 2.45) is 17.6 Å². The second-order valence-corrected chi connectivity index (χ2v) is 7.31. The SMILES string of the molecule is NCCc1ccc(Oc2ccc(F)c(C(=O)N3C[C@H]4CNC[C@H]4C3)c2)cc1. The number of carbonyl (C=O) groups is 1. The largest absolute Gasteiger partial charge is 0.457 e. The first-order valence-electron chi connectivity index (χ1n) is 9.40. The van der Waals surface area contributed by atoms with E-state index in [1.807, 2.05) is 24.3 Å². The Morgan fingerprint density at radius 2 is 1.78 bits per heavy atom. The number of nitrogens with two attached hydrogens (primary N) is 1. The molecule has 2 atom stereocenters. The van der Waals surface area contributed by atoms with Crippen LogP contribution in [0.3, 0.4) is 0 Å². The standard InChI is InChI=1S/C21H24FN3O2/c22-20-6-5-18(27-17-3-1-14(2-4-17)7-8-23)9-19(20)21(26)25-12-15-10-24-11-16(15)13-25/h1-6,9,15-16,24H,7-8,10-13,23H2/t15-,16+. The van der Waals surface area contributed by atoms with E-state index < -0.39 is 5.82 Å². The molecule has 0 spiro atoms. The topological polar surface area (TPSA) is 67.6 Å². The fraction of sp³-hybridized carbons (Fsp3) is 0.381. The highest BCUT2D eigenvalue weighted by Gasteiger charge is 2.38. The first kappa shape index (κ1) is 17.9. The predicted molar refractivity (Wildman–Crippen MR) is 101 cm³/mol. The van der Waals surface area contributed by atoms with Gasteiger partial charge in [0, 0.05) is 26.2 Å². The van der Waals surface area contributed by atoms with Crippen molar-refractivity contribution in [1.82, 2.24) is 10.2 Å². The summed E-state index contributed by atoms with van der Waals surface area (Å²) in [6, 6.07) is 11.9. The number of carbonyl (C=O) groups excluding carboxylic acids is 1. The van der Waals surface area contributed by atoms with Gasteiger partial charge in [-0.3, -0.25) is 4.79 Å². The molecule has 142 valence electrons. The normalized spacial score (nSPS) is 21.3. The van der Waals surface area contributed by atoms with Crippen LogP contribution in [0.15, 0.2) is 42.5 Å². The number of likely N-dealkylation sites (tertiary alicyclic amines) is 1. The van der Waals surface area contributed by atoms with Gasteiger partial charge in [0.1, 0.15) is 17.3 Å². The lowest BCUT2D eigenvalue weighted by atomic mass is 10.0. The van der Waals surface area contributed by atoms with Crippen molar-refractivity contribution >= 4 is 5.91 Å². The summed E-state index contributed by atoms with van der Waals surface area (Å²) in [6.45, 7) is 3.83. The van der Waals surface area contributed by atoms with Crippen LogP contribution in [0, 0.1) is 17.7 Å². The number of nitrogens with zero attached hydrogens (tertiary/aromatic N) is 1. The lowest BCUT2D eigenvalue weighted by Gasteiger charge is -2.18. The van der Waals surface area contributed by atoms with Gasteiger partial charge < -0.3 is 20.7 Å². The molecule has 0 aromatic heterocycles. The molecule has 27 heavy (non-hydrogen) atoms. The Morgan fingerprint density at radius 3 is 2.44 bits per heavy atom. The molecule has 0 unspecified atom stereocenters. The number of nitrogens with one attached hydrogen (secondary N) is 1. The van der Waals surface area contributed by atoms with Crippen LogP contribution in [0.1, 0.15) is 15.9 Å². The van der Waals surface area contributed by atoms with E-state index in [1.165, 1.54) is 12.1 Å². The van der Waals surface area contributed by atoms with Gasteiger partial charge in [0.25, 0.3) is 5.91 Å². The van der Waals surface area contributed by atoms with Crippen LogP contribution in [0.2, 0.25) is 0 Å². The van der Waals surface area contributed by atoms with Crippen molar-refractivity contribution in [2.75, 3.05) is 32.7 Å². The van der Waals surface area contributed by atoms with E-state index in [2.05, 4.69) is 5.32 Å². The van der Waals surface area contributed by atoms with Crippen LogP contribution in [0.5, 0.6) is 11.5 Å². The third-order valence-electron chi connectivity index (χ3n) is 5.44. The molecular weight excluding hydrogens is 345 g/mol. The number of fused-ring (bicyclic) bond motifs is 1. The molecule has 5 nitrogen and oxygen atoms in total. The van der Waals surface area contributed by atoms with Gasteiger partial charge in [-0.15, -0.1) is 0 Å². The van der Waals surface area contributed by atoms with E-state index >= 15 is 0 Å². The van der Waals surface area contributed by atoms with Crippen molar-refractivity contribution in [1.29, 1.82) is 0 Å². The van der Waals surface area contributed by atoms with Crippen molar-refractivity contribution in [3.8, 4) is 11.5 Å². The van der Waals surface area contributed by atoms with Crippen LogP contribution in [0.4, 0.5) is 4.39 Å². The third kappa shape index (κ3) is 3.82. The first-order valence-corrected chi connectivity index (χ1v) is 9.40. The Kier molecular flexibility index (Phi) is 5.09. The fourth-order valence-corrected chi connectivity index (χ4v) is 3.95. The predicted octanol–water partition coefficient (Wildman–Crippen LogP) is 2.41. The summed E-state index contributed by atoms with van der Waals surface area (Å²) in [4.78, 5) is 14.6. The summed E-state index contributed by atoms with van der Waals surface area (Å²) in [5.74, 6) is 1.27. The van der Waals surface area contributed by atoms with Crippen LogP contribution < -0.4 is 15.8 Å². The maximum Gasteiger partial charge on any atom is 0.256 e. The molecule has 1 amide bonds. The molecule has 6 heteroatoms. The molecule has 0 bridgehead atoms. The zero-order valence-electron chi connectivity index (χ0n) is 15.2. The summed E-state index contributed by atoms with van der Waals surface area (Å²) < 4.78 is 20.1. The van der Waals surface area contributed by atoms with E-state index in [9.17, 15) is 9.18 Å². The molecule has 2 heterocycles. The summed E-state index contributed by atoms with van der Waals surface area (Å²) >= 11 is 0. The van der Waals surface area contributed by atoms with E-state index in [0.717, 1.165) is 25.1 Å². The second-order valence-electron chi connectivity index (χ2n) is 7.31. The van der Waals surface area contributed by atoms with E-state index in [1.54, 1.807) is 11.0 Å². The van der Waals surface area contributed by atoms with E-state index in [0.29, 0.717) is 43.0 Å². The average Bonchev–Trinajstić information content (AvgIpc) is 3.27. The minimum Gasteiger partial charge on any atom is -0.457 e. The number of amides is 1. The van der Waals surface area contributed by atoms with Crippen molar-refractivity contribution in [2.45, 2.75) is 6.42 Å². The van der Waals surface area contributed by atoms with Crippen molar-refractivity contribution < 1.29 is 13.9 Å². The molecule has 2 aliphatic rings. The second kappa shape index (κ2) is 7.66. The summed E-state index contributed by atoms with van der Waals surface area (Å²) in [5.41, 5.74) is 6.76. The number of rotatable bonds is 5. The van der Waals surface area contributed by atoms with Gasteiger partial charge in [-0.05, 0) is 60.7 Å². The summed E-state index contributed by atoms with van der Waals surface area (Å²) in [6.07, 6.45) is 0.808. The summed E-state index contributed by atoms with van der Waals surface area (Å²) in [5, 5.41) is 3.34. The molecule has 4 rings (SSSR count). The van der Waals surface area contributed by atoms with Gasteiger partial charge in [-0.2, -0.15) is 0 Å². The number of halogens is 1. The van der Waals surface area contributed by atoms with Gasteiger partial charge >= 0.3 is 0 Å². The van der Waals surface area contributed by atoms with Crippen molar-refractivity contribution in [3.05, 3.63) is 59.4 Å². The lowest BCUT2D eigenvalue weighted by Crippen LogP contribution is -2.32. The smallest absolute Gasteiger partial charge is 0.256 e. The van der Waals surface area contributed by atoms with Crippen LogP contribution in [-0.4, -0.2) is 43.5 Å². The van der Waals surface area contributed by atoms with Crippen LogP contribution in [-0.2, 0) is 6.42 Å². The Balaban J connectivity index is 1.48. The van der Waals surface area contributed by atoms with Crippen molar-refractivity contribution in [3.63, 3.8) is 0 Å². The Hall–Kier alpha value is -2.44. The molecule has 2 saturated heterocycles. The van der Waals surface area contributed by atoms with E-state index in [-0.39, 0.29) is 11.5 Å². The molecule has 0 saturated carbocycles. The minimum atomic E-state index is -0.513. The zero-order valence-corrected chi connectivity index (χ0v) is 15.2. The minimum absolute atomic E-state index is 0.0696. The maximum absolute atomic E-state index is 14.3. The zero-order chi connectivity index (χ0) is 18.8. The highest BCUT2D eigenvalue weighted by molar-refractivity contribution is 5.95. The molecule has 2 aromatic rings. The molecule has 2 aromatic carbocycles. The highest BCUT2D eigenvalue weighted by Crippen LogP contribution is 2.29. The van der Waals surface area contributed by atoms with Crippen LogP contribution in [0.25, 0.3) is 0 Å². The Bertz CT molecular complexity index is 813. The maximum atomic E-state index is 14.3. The molecule has 0 radical (unpaired) electrons. The quantitative estimate of drug-likeness (QED) is 0.849. The molecule has 0 aliphatic carbocycles. The molecular formula is C21H24FN3O2. The highest BCUT2D eigenvalue weighted by atomic mass is 19.1. The summed E-state index contributed by atoms with van der Waals surface area (Å²) in [7, 11) is 0. The number of ether oxygens (including phenoxy) is 1. The number of benzene rings is 2. The fourth-order valence-electron chi connectivity index (χ4n) is 3.95.